The van der Waals surface area contributed by atoms with Gasteiger partial charge in [-0.25, -0.2) is 0 Å². The number of hydrogen-bond acceptors (Lipinski definition) is 1. The maximum absolute atomic E-state index is 10.7. The lowest BCUT2D eigenvalue weighted by Gasteiger charge is -2.15. The predicted molar refractivity (Wildman–Crippen MR) is 49.0 cm³/mol. The van der Waals surface area contributed by atoms with Crippen molar-refractivity contribution in [3.8, 4) is 0 Å². The van der Waals surface area contributed by atoms with Crippen LogP contribution in [-0.2, 0) is 4.32 Å². The number of H-pyrrole nitrogens is 1. The van der Waals surface area contributed by atoms with Crippen molar-refractivity contribution >= 4 is 15.9 Å². The van der Waals surface area contributed by atoms with E-state index in [9.17, 15) is 4.79 Å². The minimum absolute atomic E-state index is 0.0644. The highest BCUT2D eigenvalue weighted by Gasteiger charge is 2.14. The van der Waals surface area contributed by atoms with Crippen molar-refractivity contribution in [1.82, 2.24) is 4.98 Å². The highest BCUT2D eigenvalue weighted by Crippen LogP contribution is 2.28. The zero-order chi connectivity index (χ0) is 8.48. The largest absolute Gasteiger partial charge is 0.329 e. The van der Waals surface area contributed by atoms with Crippen LogP contribution in [0.2, 0.25) is 0 Å². The Hall–Kier alpha value is -0.570. The summed E-state index contributed by atoms with van der Waals surface area (Å²) in [7, 11) is 0. The van der Waals surface area contributed by atoms with E-state index >= 15 is 0 Å². The highest BCUT2D eigenvalue weighted by molar-refractivity contribution is 9.09. The molecule has 0 saturated heterocycles. The zero-order valence-corrected chi connectivity index (χ0v) is 8.10. The summed E-state index contributed by atoms with van der Waals surface area (Å²) in [4.78, 5) is 13.3. The third kappa shape index (κ3) is 2.19. The van der Waals surface area contributed by atoms with Crippen molar-refractivity contribution in [2.24, 2.45) is 0 Å². The normalized spacial score (nSPS) is 11.5. The number of nitrogens with one attached hydrogen (secondary N) is 1. The molecule has 1 N–H and O–H groups in total. The van der Waals surface area contributed by atoms with Gasteiger partial charge in [0, 0.05) is 16.6 Å². The molecule has 0 aliphatic carbocycles. The van der Waals surface area contributed by atoms with E-state index in [-0.39, 0.29) is 9.88 Å². The molecular formula is C8H10BrNO. The smallest absolute Gasteiger partial charge is 0.247 e. The van der Waals surface area contributed by atoms with Crippen molar-refractivity contribution in [1.29, 1.82) is 0 Å². The molecule has 0 spiro atoms. The summed E-state index contributed by atoms with van der Waals surface area (Å²) in [6.45, 7) is 4.06. The molecular weight excluding hydrogens is 206 g/mol. The van der Waals surface area contributed by atoms with Crippen LogP contribution in [0.3, 0.4) is 0 Å². The van der Waals surface area contributed by atoms with Crippen LogP contribution in [0.25, 0.3) is 0 Å². The summed E-state index contributed by atoms with van der Waals surface area (Å²) >= 11 is 3.49. The van der Waals surface area contributed by atoms with Gasteiger partial charge < -0.3 is 4.98 Å². The molecule has 0 aliphatic heterocycles. The lowest BCUT2D eigenvalue weighted by molar-refractivity contribution is 0.795. The molecule has 2 nitrogen and oxygen atoms in total. The summed E-state index contributed by atoms with van der Waals surface area (Å²) in [5.41, 5.74) is 1.00. The fourth-order valence-corrected chi connectivity index (χ4v) is 1.03. The topological polar surface area (TPSA) is 32.9 Å². The number of pyridine rings is 1. The number of hydrogen-bond donors (Lipinski definition) is 1. The van der Waals surface area contributed by atoms with Crippen LogP contribution in [0.15, 0.2) is 23.1 Å². The van der Waals surface area contributed by atoms with E-state index in [0.29, 0.717) is 0 Å². The van der Waals surface area contributed by atoms with Gasteiger partial charge in [-0.15, -0.1) is 0 Å². The Morgan fingerprint density at radius 2 is 2.09 bits per heavy atom. The number of rotatable bonds is 1. The van der Waals surface area contributed by atoms with Gasteiger partial charge in [-0.3, -0.25) is 4.79 Å². The van der Waals surface area contributed by atoms with Crippen LogP contribution in [0.1, 0.15) is 19.4 Å². The van der Waals surface area contributed by atoms with Crippen LogP contribution in [-0.4, -0.2) is 4.98 Å². The first-order valence-electron chi connectivity index (χ1n) is 3.38. The summed E-state index contributed by atoms with van der Waals surface area (Å²) in [6, 6.07) is 3.34. The van der Waals surface area contributed by atoms with E-state index in [0.717, 1.165) is 5.56 Å². The van der Waals surface area contributed by atoms with Crippen molar-refractivity contribution in [3.63, 3.8) is 0 Å². The monoisotopic (exact) mass is 215 g/mol. The van der Waals surface area contributed by atoms with E-state index in [2.05, 4.69) is 20.9 Å². The molecule has 0 amide bonds. The van der Waals surface area contributed by atoms with E-state index in [1.165, 1.54) is 6.07 Å². The Balaban J connectivity index is 3.09. The van der Waals surface area contributed by atoms with Gasteiger partial charge in [-0.2, -0.15) is 0 Å². The quantitative estimate of drug-likeness (QED) is 0.715. The van der Waals surface area contributed by atoms with Crippen molar-refractivity contribution < 1.29 is 0 Å². The third-order valence-electron chi connectivity index (χ3n) is 1.47. The van der Waals surface area contributed by atoms with Crippen molar-refractivity contribution in [2.75, 3.05) is 0 Å². The number of aromatic amines is 1. The predicted octanol–water partition coefficient (Wildman–Crippen LogP) is 2.00. The molecule has 0 atom stereocenters. The fourth-order valence-electron chi connectivity index (χ4n) is 0.780. The van der Waals surface area contributed by atoms with Crippen LogP contribution in [0.4, 0.5) is 0 Å². The molecule has 0 bridgehead atoms. The molecule has 1 aromatic heterocycles. The second-order valence-corrected chi connectivity index (χ2v) is 4.90. The Bertz CT molecular complexity index is 277. The molecule has 3 heteroatoms. The van der Waals surface area contributed by atoms with Gasteiger partial charge in [0.05, 0.1) is 0 Å². The van der Waals surface area contributed by atoms with E-state index in [1.54, 1.807) is 6.20 Å². The number of halogens is 1. The van der Waals surface area contributed by atoms with Gasteiger partial charge in [-0.05, 0) is 19.4 Å². The van der Waals surface area contributed by atoms with Gasteiger partial charge in [0.25, 0.3) is 0 Å². The molecule has 11 heavy (non-hydrogen) atoms. The average Bonchev–Trinajstić information content (AvgIpc) is 1.86. The van der Waals surface area contributed by atoms with Crippen LogP contribution < -0.4 is 5.56 Å². The number of aromatic nitrogens is 1. The first-order chi connectivity index (χ1) is 5.00. The molecule has 0 fully saturated rings. The van der Waals surface area contributed by atoms with Crippen LogP contribution in [0.5, 0.6) is 0 Å². The Morgan fingerprint density at radius 3 is 2.45 bits per heavy atom. The molecule has 0 radical (unpaired) electrons. The Kier molecular flexibility index (Phi) is 2.18. The minimum atomic E-state index is -0.0722. The summed E-state index contributed by atoms with van der Waals surface area (Å²) in [6.07, 6.45) is 1.72. The highest BCUT2D eigenvalue weighted by atomic mass is 79.9. The first-order valence-corrected chi connectivity index (χ1v) is 4.17. The summed E-state index contributed by atoms with van der Waals surface area (Å²) in [5.74, 6) is 0. The van der Waals surface area contributed by atoms with Crippen LogP contribution in [0, 0.1) is 0 Å². The fraction of sp³-hybridized carbons (Fsp3) is 0.375. The van der Waals surface area contributed by atoms with Crippen molar-refractivity contribution in [3.05, 3.63) is 34.2 Å². The maximum atomic E-state index is 10.7. The summed E-state index contributed by atoms with van der Waals surface area (Å²) in [5, 5.41) is 0. The molecule has 0 aromatic carbocycles. The second-order valence-electron chi connectivity index (χ2n) is 2.91. The third-order valence-corrected chi connectivity index (χ3v) is 1.93. The molecule has 60 valence electrons. The van der Waals surface area contributed by atoms with E-state index in [1.807, 2.05) is 19.9 Å². The SMILES string of the molecule is CC(C)(Br)c1ccc(=O)[nH]c1. The molecule has 0 unspecified atom stereocenters. The molecule has 0 saturated carbocycles. The van der Waals surface area contributed by atoms with Gasteiger partial charge in [-0.1, -0.05) is 22.0 Å². The van der Waals surface area contributed by atoms with Crippen molar-refractivity contribution in [2.45, 2.75) is 18.2 Å². The standard InChI is InChI=1S/C8H10BrNO/c1-8(2,9)6-3-4-7(11)10-5-6/h3-5H,1-2H3,(H,10,11). The van der Waals surface area contributed by atoms with Gasteiger partial charge in [0.2, 0.25) is 5.56 Å². The van der Waals surface area contributed by atoms with E-state index in [4.69, 9.17) is 0 Å². The van der Waals surface area contributed by atoms with E-state index < -0.39 is 0 Å². The average molecular weight is 216 g/mol. The minimum Gasteiger partial charge on any atom is -0.329 e. The number of alkyl halides is 1. The zero-order valence-electron chi connectivity index (χ0n) is 6.52. The van der Waals surface area contributed by atoms with Gasteiger partial charge >= 0.3 is 0 Å². The lowest BCUT2D eigenvalue weighted by atomic mass is 10.1. The first kappa shape index (κ1) is 8.53. The summed E-state index contributed by atoms with van der Waals surface area (Å²) < 4.78 is -0.0722. The molecule has 1 aromatic rings. The Morgan fingerprint density at radius 1 is 1.45 bits per heavy atom. The second kappa shape index (κ2) is 2.81. The molecule has 1 heterocycles. The van der Waals surface area contributed by atoms with Crippen LogP contribution >= 0.6 is 15.9 Å². The van der Waals surface area contributed by atoms with Gasteiger partial charge in [0.15, 0.2) is 0 Å². The molecule has 0 aliphatic rings. The van der Waals surface area contributed by atoms with Gasteiger partial charge in [0.1, 0.15) is 0 Å². The molecule has 1 rings (SSSR count). The maximum Gasteiger partial charge on any atom is 0.247 e. The lowest BCUT2D eigenvalue weighted by Crippen LogP contribution is -2.11. The Labute approximate surface area is 73.8 Å².